The Balaban J connectivity index is 3.87. The first-order valence-corrected chi connectivity index (χ1v) is 5.23. The van der Waals surface area contributed by atoms with Crippen LogP contribution in [0.2, 0.25) is 0 Å². The molecule has 0 unspecified atom stereocenters. The number of carboxylic acid groups (broad SMARTS) is 1. The van der Waals surface area contributed by atoms with E-state index in [0.29, 0.717) is 19.6 Å². The number of carboxylic acids is 1. The third-order valence-corrected chi connectivity index (χ3v) is 2.02. The van der Waals surface area contributed by atoms with Crippen LogP contribution in [0, 0.1) is 5.92 Å². The maximum Gasteiger partial charge on any atom is 0.315 e. The van der Waals surface area contributed by atoms with Crippen molar-refractivity contribution in [1.82, 2.24) is 10.6 Å². The van der Waals surface area contributed by atoms with Gasteiger partial charge in [-0.3, -0.25) is 0 Å². The van der Waals surface area contributed by atoms with Crippen molar-refractivity contribution >= 4 is 12.0 Å². The number of urea groups is 1. The Morgan fingerprint density at radius 3 is 2.44 bits per heavy atom. The molecule has 0 bridgehead atoms. The number of aliphatic carboxylic acids is 1. The van der Waals surface area contributed by atoms with Gasteiger partial charge in [0.05, 0.1) is 12.0 Å². The van der Waals surface area contributed by atoms with Crippen LogP contribution in [0.1, 0.15) is 20.3 Å². The third-order valence-electron chi connectivity index (χ3n) is 2.02. The molecule has 0 aliphatic heterocycles. The molecule has 0 rings (SSSR count). The molecule has 0 aliphatic rings. The number of rotatable bonds is 7. The molecule has 1 atom stereocenters. The van der Waals surface area contributed by atoms with E-state index < -0.39 is 18.0 Å². The Kier molecular flexibility index (Phi) is 7.28. The summed E-state index contributed by atoms with van der Waals surface area (Å²) in [5.74, 6) is -1.49. The SMILES string of the molecule is COCCCNC(=O)N[C@H](C(=O)[O-])C(C)C. The molecule has 0 spiro atoms. The number of carbonyl (C=O) groups excluding carboxylic acids is 2. The van der Waals surface area contributed by atoms with Gasteiger partial charge in [-0.05, 0) is 12.3 Å². The number of carbonyl (C=O) groups is 2. The molecule has 0 heterocycles. The standard InChI is InChI=1S/C10H20N2O4/c1-7(2)8(9(13)14)12-10(15)11-5-4-6-16-3/h7-8H,4-6H2,1-3H3,(H,13,14)(H2,11,12,15)/p-1/t8-/m0/s1. The number of ether oxygens (including phenoxy) is 1. The normalized spacial score (nSPS) is 12.2. The number of amides is 2. The van der Waals surface area contributed by atoms with Crippen molar-refractivity contribution in [3.63, 3.8) is 0 Å². The summed E-state index contributed by atoms with van der Waals surface area (Å²) in [6.45, 7) is 4.39. The van der Waals surface area contributed by atoms with Crippen LogP contribution in [0.25, 0.3) is 0 Å². The zero-order valence-corrected chi connectivity index (χ0v) is 9.91. The van der Waals surface area contributed by atoms with Gasteiger partial charge in [-0.15, -0.1) is 0 Å². The van der Waals surface area contributed by atoms with E-state index in [2.05, 4.69) is 10.6 Å². The molecular formula is C10H19N2O4-. The van der Waals surface area contributed by atoms with E-state index in [4.69, 9.17) is 4.74 Å². The highest BCUT2D eigenvalue weighted by Crippen LogP contribution is 1.99. The lowest BCUT2D eigenvalue weighted by atomic mass is 10.1. The van der Waals surface area contributed by atoms with Crippen molar-refractivity contribution in [3.8, 4) is 0 Å². The Hall–Kier alpha value is -1.30. The Labute approximate surface area is 95.4 Å². The first kappa shape index (κ1) is 14.7. The maximum atomic E-state index is 11.3. The van der Waals surface area contributed by atoms with E-state index in [9.17, 15) is 14.7 Å². The van der Waals surface area contributed by atoms with Gasteiger partial charge < -0.3 is 25.3 Å². The van der Waals surface area contributed by atoms with E-state index in [-0.39, 0.29) is 5.92 Å². The van der Waals surface area contributed by atoms with Gasteiger partial charge in [0.2, 0.25) is 0 Å². The minimum absolute atomic E-state index is 0.213. The zero-order chi connectivity index (χ0) is 12.6. The molecule has 6 nitrogen and oxygen atoms in total. The number of hydrogen-bond donors (Lipinski definition) is 2. The third kappa shape index (κ3) is 6.23. The molecule has 0 aromatic carbocycles. The Bertz CT molecular complexity index is 231. The van der Waals surface area contributed by atoms with Gasteiger partial charge in [0.1, 0.15) is 0 Å². The zero-order valence-electron chi connectivity index (χ0n) is 9.91. The fourth-order valence-electron chi connectivity index (χ4n) is 1.11. The van der Waals surface area contributed by atoms with Crippen LogP contribution >= 0.6 is 0 Å². The largest absolute Gasteiger partial charge is 0.548 e. The molecule has 0 saturated heterocycles. The summed E-state index contributed by atoms with van der Waals surface area (Å²) in [6.07, 6.45) is 0.682. The molecule has 0 aliphatic carbocycles. The summed E-state index contributed by atoms with van der Waals surface area (Å²) in [6, 6.07) is -1.47. The Morgan fingerprint density at radius 2 is 2.00 bits per heavy atom. The van der Waals surface area contributed by atoms with E-state index in [1.54, 1.807) is 21.0 Å². The molecule has 16 heavy (non-hydrogen) atoms. The molecule has 6 heteroatoms. The van der Waals surface area contributed by atoms with E-state index in [1.807, 2.05) is 0 Å². The van der Waals surface area contributed by atoms with Crippen LogP contribution in [0.15, 0.2) is 0 Å². The predicted octanol–water partition coefficient (Wildman–Crippen LogP) is -0.903. The highest BCUT2D eigenvalue weighted by Gasteiger charge is 2.16. The van der Waals surface area contributed by atoms with Crippen LogP contribution < -0.4 is 15.7 Å². The summed E-state index contributed by atoms with van der Waals surface area (Å²) in [4.78, 5) is 22.0. The quantitative estimate of drug-likeness (QED) is 0.555. The molecule has 0 aromatic heterocycles. The number of methoxy groups -OCH3 is 1. The molecule has 2 amide bonds. The minimum atomic E-state index is -1.28. The van der Waals surface area contributed by atoms with Gasteiger partial charge >= 0.3 is 6.03 Å². The monoisotopic (exact) mass is 231 g/mol. The van der Waals surface area contributed by atoms with Gasteiger partial charge in [-0.1, -0.05) is 13.8 Å². The van der Waals surface area contributed by atoms with Gasteiger partial charge in [-0.25, -0.2) is 4.79 Å². The summed E-state index contributed by atoms with van der Waals surface area (Å²) in [7, 11) is 1.57. The van der Waals surface area contributed by atoms with E-state index in [0.717, 1.165) is 0 Å². The molecular weight excluding hydrogens is 212 g/mol. The van der Waals surface area contributed by atoms with Crippen molar-refractivity contribution in [3.05, 3.63) is 0 Å². The molecule has 0 fully saturated rings. The van der Waals surface area contributed by atoms with Crippen LogP contribution in [-0.2, 0) is 9.53 Å². The van der Waals surface area contributed by atoms with Crippen molar-refractivity contribution in [1.29, 1.82) is 0 Å². The van der Waals surface area contributed by atoms with Crippen LogP contribution in [0.5, 0.6) is 0 Å². The van der Waals surface area contributed by atoms with Crippen molar-refractivity contribution in [2.24, 2.45) is 5.92 Å². The Morgan fingerprint density at radius 1 is 1.38 bits per heavy atom. The summed E-state index contributed by atoms with van der Waals surface area (Å²) in [5.41, 5.74) is 0. The van der Waals surface area contributed by atoms with Crippen molar-refractivity contribution in [2.75, 3.05) is 20.3 Å². The van der Waals surface area contributed by atoms with E-state index >= 15 is 0 Å². The molecule has 0 aromatic rings. The number of nitrogens with one attached hydrogen (secondary N) is 2. The highest BCUT2D eigenvalue weighted by molar-refractivity contribution is 5.81. The van der Waals surface area contributed by atoms with Crippen molar-refractivity contribution in [2.45, 2.75) is 26.3 Å². The minimum Gasteiger partial charge on any atom is -0.548 e. The highest BCUT2D eigenvalue weighted by atomic mass is 16.5. The average Bonchev–Trinajstić information content (AvgIpc) is 2.20. The lowest BCUT2D eigenvalue weighted by Gasteiger charge is -2.23. The van der Waals surface area contributed by atoms with Gasteiger partial charge in [0, 0.05) is 20.3 Å². The second-order valence-corrected chi connectivity index (χ2v) is 3.79. The molecule has 0 radical (unpaired) electrons. The van der Waals surface area contributed by atoms with Crippen LogP contribution in [0.4, 0.5) is 4.79 Å². The lowest BCUT2D eigenvalue weighted by Crippen LogP contribution is -2.53. The summed E-state index contributed by atoms with van der Waals surface area (Å²) >= 11 is 0. The number of hydrogen-bond acceptors (Lipinski definition) is 4. The van der Waals surface area contributed by atoms with Crippen molar-refractivity contribution < 1.29 is 19.4 Å². The topological polar surface area (TPSA) is 90.5 Å². The fourth-order valence-corrected chi connectivity index (χ4v) is 1.11. The lowest BCUT2D eigenvalue weighted by molar-refractivity contribution is -0.309. The second kappa shape index (κ2) is 7.92. The van der Waals surface area contributed by atoms with Gasteiger partial charge in [-0.2, -0.15) is 0 Å². The maximum absolute atomic E-state index is 11.3. The molecule has 0 saturated carbocycles. The molecule has 2 N–H and O–H groups in total. The van der Waals surface area contributed by atoms with Gasteiger partial charge in [0.25, 0.3) is 0 Å². The average molecular weight is 231 g/mol. The smallest absolute Gasteiger partial charge is 0.315 e. The second-order valence-electron chi connectivity index (χ2n) is 3.79. The summed E-state index contributed by atoms with van der Waals surface area (Å²) < 4.78 is 4.81. The first-order valence-electron chi connectivity index (χ1n) is 5.23. The molecule has 94 valence electrons. The van der Waals surface area contributed by atoms with Crippen LogP contribution in [-0.4, -0.2) is 38.3 Å². The predicted molar refractivity (Wildman–Crippen MR) is 56.7 cm³/mol. The first-order chi connectivity index (χ1) is 7.49. The van der Waals surface area contributed by atoms with Crippen LogP contribution in [0.3, 0.4) is 0 Å². The van der Waals surface area contributed by atoms with E-state index in [1.165, 1.54) is 0 Å². The summed E-state index contributed by atoms with van der Waals surface area (Å²) in [5, 5.41) is 15.6. The fraction of sp³-hybridized carbons (Fsp3) is 0.800. The van der Waals surface area contributed by atoms with Gasteiger partial charge in [0.15, 0.2) is 0 Å².